The Morgan fingerprint density at radius 1 is 1.00 bits per heavy atom. The fourth-order valence-electron chi connectivity index (χ4n) is 4.54. The lowest BCUT2D eigenvalue weighted by Crippen LogP contribution is -2.44. The van der Waals surface area contributed by atoms with Crippen LogP contribution in [0.15, 0.2) is 74.9 Å². The number of aliphatic imine (C=N–C) groups is 1. The Hall–Kier alpha value is -3.41. The normalized spacial score (nSPS) is 23.8. The highest BCUT2D eigenvalue weighted by molar-refractivity contribution is 6.12. The van der Waals surface area contributed by atoms with E-state index >= 15 is 0 Å². The summed E-state index contributed by atoms with van der Waals surface area (Å²) >= 11 is 0. The second-order valence-electron chi connectivity index (χ2n) is 7.51. The summed E-state index contributed by atoms with van der Waals surface area (Å²) in [5.41, 5.74) is 2.13. The fourth-order valence-corrected chi connectivity index (χ4v) is 4.54. The molecule has 1 fully saturated rings. The number of benzene rings is 1. The summed E-state index contributed by atoms with van der Waals surface area (Å²) in [7, 11) is 0. The van der Waals surface area contributed by atoms with E-state index in [2.05, 4.69) is 0 Å². The molecule has 1 unspecified atom stereocenters. The number of nitrogens with zero attached hydrogens (tertiary/aromatic N) is 2. The lowest BCUT2D eigenvalue weighted by atomic mass is 9.74. The van der Waals surface area contributed by atoms with E-state index in [1.54, 1.807) is 23.5 Å². The quantitative estimate of drug-likeness (QED) is 0.631. The lowest BCUT2D eigenvalue weighted by molar-refractivity contribution is -0.123. The van der Waals surface area contributed by atoms with E-state index in [-0.39, 0.29) is 17.6 Å². The van der Waals surface area contributed by atoms with Crippen molar-refractivity contribution in [3.63, 3.8) is 0 Å². The first-order valence-corrected chi connectivity index (χ1v) is 9.69. The number of ketones is 1. The predicted molar refractivity (Wildman–Crippen MR) is 107 cm³/mol. The van der Waals surface area contributed by atoms with Crippen LogP contribution in [0.2, 0.25) is 0 Å². The first kappa shape index (κ1) is 17.7. The zero-order valence-corrected chi connectivity index (χ0v) is 15.9. The number of carbonyl (C=O) groups excluding carboxylic acids is 2. The third-order valence-electron chi connectivity index (χ3n) is 5.73. The van der Waals surface area contributed by atoms with E-state index in [1.807, 2.05) is 42.5 Å². The third kappa shape index (κ3) is 2.92. The SMILES string of the molecule is CC(=O)N1c2ccccc2N=C2C[C@@H](c3ccco3)CC(=O)C2[C@H]1c1ccco1. The minimum Gasteiger partial charge on any atom is -0.469 e. The highest BCUT2D eigenvalue weighted by Gasteiger charge is 2.47. The standard InChI is InChI=1S/C23H20N2O4/c1-14(26)25-18-7-3-2-6-16(18)24-17-12-15(20-8-4-10-28-20)13-19(27)22(17)23(25)21-9-5-11-29-21/h2-11,15,22-23H,12-13H2,1H3/t15-,22?,23-/m1/s1. The molecule has 146 valence electrons. The predicted octanol–water partition coefficient (Wildman–Crippen LogP) is 4.82. The zero-order chi connectivity index (χ0) is 20.0. The van der Waals surface area contributed by atoms with Gasteiger partial charge in [-0.25, -0.2) is 0 Å². The molecule has 0 spiro atoms. The van der Waals surface area contributed by atoms with Gasteiger partial charge in [-0.05, 0) is 42.8 Å². The van der Waals surface area contributed by atoms with Crippen LogP contribution < -0.4 is 4.90 Å². The van der Waals surface area contributed by atoms with Gasteiger partial charge in [0.05, 0.1) is 29.8 Å². The zero-order valence-electron chi connectivity index (χ0n) is 15.9. The molecular weight excluding hydrogens is 368 g/mol. The van der Waals surface area contributed by atoms with Crippen LogP contribution in [-0.4, -0.2) is 17.4 Å². The average molecular weight is 388 g/mol. The number of para-hydroxylation sites is 2. The molecule has 6 heteroatoms. The number of Topliss-reactive ketones (excluding diaryl/α,β-unsaturated/α-hetero) is 1. The molecule has 29 heavy (non-hydrogen) atoms. The van der Waals surface area contributed by atoms with Gasteiger partial charge in [0.2, 0.25) is 5.91 Å². The number of hydrogen-bond donors (Lipinski definition) is 0. The number of hydrogen-bond acceptors (Lipinski definition) is 5. The Morgan fingerprint density at radius 3 is 2.41 bits per heavy atom. The maximum Gasteiger partial charge on any atom is 0.224 e. The Balaban J connectivity index is 1.69. The summed E-state index contributed by atoms with van der Waals surface area (Å²) in [6.07, 6.45) is 4.14. The number of furan rings is 2. The van der Waals surface area contributed by atoms with Crippen LogP contribution in [0.25, 0.3) is 0 Å². The van der Waals surface area contributed by atoms with Crippen molar-refractivity contribution in [1.29, 1.82) is 0 Å². The van der Waals surface area contributed by atoms with Crippen LogP contribution in [0, 0.1) is 5.92 Å². The Labute approximate surface area is 167 Å². The molecule has 3 heterocycles. The highest BCUT2D eigenvalue weighted by Crippen LogP contribution is 2.47. The maximum atomic E-state index is 13.4. The van der Waals surface area contributed by atoms with Crippen molar-refractivity contribution in [2.75, 3.05) is 4.90 Å². The number of anilines is 1. The molecule has 1 aliphatic heterocycles. The van der Waals surface area contributed by atoms with E-state index < -0.39 is 12.0 Å². The molecule has 0 bridgehead atoms. The molecular formula is C23H20N2O4. The van der Waals surface area contributed by atoms with Crippen molar-refractivity contribution in [2.24, 2.45) is 10.9 Å². The van der Waals surface area contributed by atoms with Crippen molar-refractivity contribution >= 4 is 28.8 Å². The van der Waals surface area contributed by atoms with E-state index in [0.717, 1.165) is 11.5 Å². The van der Waals surface area contributed by atoms with Crippen molar-refractivity contribution in [3.05, 3.63) is 72.6 Å². The molecule has 0 radical (unpaired) electrons. The number of amides is 1. The van der Waals surface area contributed by atoms with Crippen LogP contribution in [0.4, 0.5) is 11.4 Å². The summed E-state index contributed by atoms with van der Waals surface area (Å²) < 4.78 is 11.3. The lowest BCUT2D eigenvalue weighted by Gasteiger charge is -2.36. The number of rotatable bonds is 2. The number of carbonyl (C=O) groups is 2. The van der Waals surface area contributed by atoms with Gasteiger partial charge in [-0.1, -0.05) is 12.1 Å². The largest absolute Gasteiger partial charge is 0.469 e. The summed E-state index contributed by atoms with van der Waals surface area (Å²) in [4.78, 5) is 32.7. The molecule has 6 nitrogen and oxygen atoms in total. The van der Waals surface area contributed by atoms with E-state index in [1.165, 1.54) is 6.92 Å². The van der Waals surface area contributed by atoms with Gasteiger partial charge in [0.25, 0.3) is 0 Å². The van der Waals surface area contributed by atoms with Gasteiger partial charge < -0.3 is 8.83 Å². The van der Waals surface area contributed by atoms with Gasteiger partial charge in [-0.3, -0.25) is 19.5 Å². The van der Waals surface area contributed by atoms with E-state index in [4.69, 9.17) is 13.8 Å². The summed E-state index contributed by atoms with van der Waals surface area (Å²) in [5.74, 6) is 0.645. The molecule has 1 aliphatic carbocycles. The minimum atomic E-state index is -0.560. The van der Waals surface area contributed by atoms with Crippen molar-refractivity contribution in [1.82, 2.24) is 0 Å². The van der Waals surface area contributed by atoms with Crippen LogP contribution in [0.1, 0.15) is 43.2 Å². The van der Waals surface area contributed by atoms with Gasteiger partial charge >= 0.3 is 0 Å². The Morgan fingerprint density at radius 2 is 1.72 bits per heavy atom. The first-order valence-electron chi connectivity index (χ1n) is 9.69. The number of fused-ring (bicyclic) bond motifs is 2. The minimum absolute atomic E-state index is 0.0388. The highest BCUT2D eigenvalue weighted by atomic mass is 16.3. The molecule has 0 N–H and O–H groups in total. The molecule has 2 aromatic heterocycles. The van der Waals surface area contributed by atoms with E-state index in [9.17, 15) is 9.59 Å². The van der Waals surface area contributed by atoms with Gasteiger partial charge in [0.1, 0.15) is 23.3 Å². The van der Waals surface area contributed by atoms with Crippen LogP contribution >= 0.6 is 0 Å². The van der Waals surface area contributed by atoms with Gasteiger partial charge in [0, 0.05) is 25.0 Å². The summed E-state index contributed by atoms with van der Waals surface area (Å²) in [6.45, 7) is 1.51. The third-order valence-corrected chi connectivity index (χ3v) is 5.73. The Bertz CT molecular complexity index is 1080. The smallest absolute Gasteiger partial charge is 0.224 e. The van der Waals surface area contributed by atoms with Crippen LogP contribution in [-0.2, 0) is 9.59 Å². The Kier molecular flexibility index (Phi) is 4.19. The molecule has 5 rings (SSSR count). The summed E-state index contributed by atoms with van der Waals surface area (Å²) in [6, 6.07) is 14.3. The molecule has 3 aromatic rings. The van der Waals surface area contributed by atoms with Crippen molar-refractivity contribution in [3.8, 4) is 0 Å². The summed E-state index contributed by atoms with van der Waals surface area (Å²) in [5, 5.41) is 0. The van der Waals surface area contributed by atoms with Gasteiger partial charge in [0.15, 0.2) is 0 Å². The molecule has 0 saturated heterocycles. The van der Waals surface area contributed by atoms with Crippen molar-refractivity contribution in [2.45, 2.75) is 31.7 Å². The molecule has 3 atom stereocenters. The average Bonchev–Trinajstić information content (AvgIpc) is 3.39. The first-order chi connectivity index (χ1) is 14.1. The topological polar surface area (TPSA) is 76.0 Å². The van der Waals surface area contributed by atoms with Crippen LogP contribution in [0.5, 0.6) is 0 Å². The van der Waals surface area contributed by atoms with Crippen LogP contribution in [0.3, 0.4) is 0 Å². The van der Waals surface area contributed by atoms with Crippen molar-refractivity contribution < 1.29 is 18.4 Å². The molecule has 1 saturated carbocycles. The second-order valence-corrected chi connectivity index (χ2v) is 7.51. The molecule has 1 aromatic carbocycles. The maximum absolute atomic E-state index is 13.4. The van der Waals surface area contributed by atoms with Gasteiger partial charge in [-0.15, -0.1) is 0 Å². The van der Waals surface area contributed by atoms with E-state index in [0.29, 0.717) is 30.0 Å². The molecule has 2 aliphatic rings. The molecule has 1 amide bonds. The van der Waals surface area contributed by atoms with Gasteiger partial charge in [-0.2, -0.15) is 0 Å². The monoisotopic (exact) mass is 388 g/mol. The fraction of sp³-hybridized carbons (Fsp3) is 0.261. The second kappa shape index (κ2) is 6.88.